The first kappa shape index (κ1) is 22.3. The summed E-state index contributed by atoms with van der Waals surface area (Å²) < 4.78 is 34.2. The molecule has 0 saturated heterocycles. The molecule has 0 bridgehead atoms. The van der Waals surface area contributed by atoms with E-state index in [1.165, 1.54) is 23.9 Å². The number of sulfonamides is 1. The van der Waals surface area contributed by atoms with Gasteiger partial charge in [-0.15, -0.1) is 0 Å². The number of furan rings is 1. The highest BCUT2D eigenvalue weighted by Crippen LogP contribution is 2.43. The summed E-state index contributed by atoms with van der Waals surface area (Å²) in [6, 6.07) is 23.7. The van der Waals surface area contributed by atoms with Crippen molar-refractivity contribution in [2.75, 3.05) is 0 Å². The van der Waals surface area contributed by atoms with Crippen LogP contribution >= 0.6 is 11.8 Å². The molecule has 34 heavy (non-hydrogen) atoms. The van der Waals surface area contributed by atoms with Gasteiger partial charge in [-0.2, -0.15) is 0 Å². The Labute approximate surface area is 201 Å². The molecule has 1 aromatic heterocycles. The third-order valence-electron chi connectivity index (χ3n) is 5.62. The lowest BCUT2D eigenvalue weighted by molar-refractivity contribution is 0.0980. The molecule has 5 nitrogen and oxygen atoms in total. The molecule has 1 amide bonds. The second kappa shape index (κ2) is 8.66. The molecule has 0 unspecified atom stereocenters. The third kappa shape index (κ3) is 3.97. The fraction of sp³-hybridized carbons (Fsp3) is 0.0741. The van der Waals surface area contributed by atoms with Crippen LogP contribution in [0, 0.1) is 13.8 Å². The van der Waals surface area contributed by atoms with Crippen LogP contribution in [0.5, 0.6) is 0 Å². The van der Waals surface area contributed by atoms with Crippen molar-refractivity contribution in [1.29, 1.82) is 0 Å². The van der Waals surface area contributed by atoms with E-state index in [0.29, 0.717) is 15.9 Å². The van der Waals surface area contributed by atoms with Crippen molar-refractivity contribution in [3.05, 3.63) is 102 Å². The minimum absolute atomic E-state index is 0.0321. The normalized spacial score (nSPS) is 11.7. The Balaban J connectivity index is 1.72. The second-order valence-electron chi connectivity index (χ2n) is 8.04. The fourth-order valence-corrected chi connectivity index (χ4v) is 6.03. The molecule has 0 radical (unpaired) electrons. The summed E-state index contributed by atoms with van der Waals surface area (Å²) >= 11 is 1.43. The van der Waals surface area contributed by atoms with Gasteiger partial charge in [0.1, 0.15) is 5.58 Å². The molecule has 0 spiro atoms. The van der Waals surface area contributed by atoms with Crippen LogP contribution in [-0.2, 0) is 10.0 Å². The molecule has 0 aliphatic rings. The standard InChI is InChI=1S/C27H21NO4S2/c1-17-12-14-20(15-13-17)34(30,31)28-27(29)24-23-18(2)16-32-25(23)21-10-6-7-11-22(21)26(24)33-19-8-4-3-5-9-19/h3-16H,1-2H3,(H,28,29). The first-order valence-corrected chi connectivity index (χ1v) is 12.9. The number of rotatable bonds is 5. The Hall–Kier alpha value is -3.55. The minimum Gasteiger partial charge on any atom is -0.463 e. The van der Waals surface area contributed by atoms with Gasteiger partial charge in [-0.1, -0.05) is 71.9 Å². The predicted octanol–water partition coefficient (Wildman–Crippen LogP) is 6.47. The molecule has 0 aliphatic carbocycles. The number of amides is 1. The Morgan fingerprint density at radius 1 is 0.853 bits per heavy atom. The van der Waals surface area contributed by atoms with Crippen LogP contribution in [0.1, 0.15) is 21.5 Å². The molecule has 0 saturated carbocycles. The topological polar surface area (TPSA) is 76.4 Å². The van der Waals surface area contributed by atoms with Crippen molar-refractivity contribution in [3.63, 3.8) is 0 Å². The Morgan fingerprint density at radius 2 is 1.50 bits per heavy atom. The van der Waals surface area contributed by atoms with Crippen molar-refractivity contribution in [2.45, 2.75) is 28.5 Å². The quantitative estimate of drug-likeness (QED) is 0.307. The molecule has 1 N–H and O–H groups in total. The number of hydrogen-bond donors (Lipinski definition) is 1. The number of benzene rings is 4. The lowest BCUT2D eigenvalue weighted by Gasteiger charge is -2.15. The third-order valence-corrected chi connectivity index (χ3v) is 8.10. The average Bonchev–Trinajstić information content (AvgIpc) is 3.21. The van der Waals surface area contributed by atoms with Crippen LogP contribution in [0.25, 0.3) is 21.7 Å². The van der Waals surface area contributed by atoms with E-state index in [1.54, 1.807) is 18.4 Å². The zero-order valence-corrected chi connectivity index (χ0v) is 20.2. The van der Waals surface area contributed by atoms with E-state index in [1.807, 2.05) is 68.4 Å². The van der Waals surface area contributed by atoms with Gasteiger partial charge in [-0.25, -0.2) is 13.1 Å². The predicted molar refractivity (Wildman–Crippen MR) is 135 cm³/mol. The van der Waals surface area contributed by atoms with E-state index < -0.39 is 15.9 Å². The van der Waals surface area contributed by atoms with Gasteiger partial charge in [0.25, 0.3) is 15.9 Å². The molecular weight excluding hydrogens is 466 g/mol. The van der Waals surface area contributed by atoms with Crippen LogP contribution < -0.4 is 4.72 Å². The first-order chi connectivity index (χ1) is 16.3. The summed E-state index contributed by atoms with van der Waals surface area (Å²) in [6.07, 6.45) is 1.60. The summed E-state index contributed by atoms with van der Waals surface area (Å²) in [4.78, 5) is 15.3. The lowest BCUT2D eigenvalue weighted by atomic mass is 10.00. The number of carbonyl (C=O) groups is 1. The van der Waals surface area contributed by atoms with Gasteiger partial charge in [0.05, 0.1) is 16.7 Å². The van der Waals surface area contributed by atoms with Gasteiger partial charge in [0.15, 0.2) is 0 Å². The largest absolute Gasteiger partial charge is 0.463 e. The average molecular weight is 488 g/mol. The van der Waals surface area contributed by atoms with E-state index in [9.17, 15) is 13.2 Å². The maximum Gasteiger partial charge on any atom is 0.266 e. The Morgan fingerprint density at radius 3 is 2.21 bits per heavy atom. The molecular formula is C27H21NO4S2. The highest BCUT2D eigenvalue weighted by molar-refractivity contribution is 7.99. The summed E-state index contributed by atoms with van der Waals surface area (Å²) in [5.41, 5.74) is 2.53. The molecule has 0 fully saturated rings. The Kier molecular flexibility index (Phi) is 5.67. The number of aryl methyl sites for hydroxylation is 2. The van der Waals surface area contributed by atoms with Crippen LogP contribution in [0.4, 0.5) is 0 Å². The van der Waals surface area contributed by atoms with Gasteiger partial charge in [-0.3, -0.25) is 4.79 Å². The van der Waals surface area contributed by atoms with Crippen molar-refractivity contribution < 1.29 is 17.6 Å². The van der Waals surface area contributed by atoms with Crippen molar-refractivity contribution >= 4 is 49.4 Å². The van der Waals surface area contributed by atoms with Gasteiger partial charge in [0.2, 0.25) is 0 Å². The molecule has 4 aromatic carbocycles. The summed E-state index contributed by atoms with van der Waals surface area (Å²) in [5, 5.41) is 2.28. The second-order valence-corrected chi connectivity index (χ2v) is 10.8. The summed E-state index contributed by atoms with van der Waals surface area (Å²) in [5.74, 6) is -0.695. The van der Waals surface area contributed by atoms with Crippen LogP contribution in [0.2, 0.25) is 0 Å². The van der Waals surface area contributed by atoms with Gasteiger partial charge in [-0.05, 0) is 43.7 Å². The lowest BCUT2D eigenvalue weighted by Crippen LogP contribution is -2.31. The van der Waals surface area contributed by atoms with Crippen LogP contribution in [0.3, 0.4) is 0 Å². The van der Waals surface area contributed by atoms with E-state index in [0.717, 1.165) is 26.8 Å². The van der Waals surface area contributed by atoms with Gasteiger partial charge >= 0.3 is 0 Å². The zero-order chi connectivity index (χ0) is 23.9. The first-order valence-electron chi connectivity index (χ1n) is 10.6. The monoisotopic (exact) mass is 487 g/mol. The summed E-state index contributed by atoms with van der Waals surface area (Å²) in [6.45, 7) is 3.72. The highest BCUT2D eigenvalue weighted by Gasteiger charge is 2.27. The van der Waals surface area contributed by atoms with E-state index in [-0.39, 0.29) is 10.5 Å². The van der Waals surface area contributed by atoms with Crippen molar-refractivity contribution in [3.8, 4) is 0 Å². The van der Waals surface area contributed by atoms with Gasteiger partial charge < -0.3 is 4.42 Å². The van der Waals surface area contributed by atoms with E-state index >= 15 is 0 Å². The van der Waals surface area contributed by atoms with Gasteiger partial charge in [0, 0.05) is 25.9 Å². The maximum atomic E-state index is 13.7. The SMILES string of the molecule is Cc1ccc(S(=O)(=O)NC(=O)c2c(Sc3ccccc3)c3ccccc3c3occ(C)c23)cc1. The molecule has 0 aliphatic heterocycles. The number of fused-ring (bicyclic) bond motifs is 3. The van der Waals surface area contributed by atoms with Crippen molar-refractivity contribution in [1.82, 2.24) is 4.72 Å². The number of carbonyl (C=O) groups excluding carboxylic acids is 1. The highest BCUT2D eigenvalue weighted by atomic mass is 32.2. The van der Waals surface area contributed by atoms with Crippen LogP contribution in [-0.4, -0.2) is 14.3 Å². The smallest absolute Gasteiger partial charge is 0.266 e. The van der Waals surface area contributed by atoms with E-state index in [4.69, 9.17) is 4.42 Å². The Bertz CT molecular complexity index is 1640. The molecule has 170 valence electrons. The maximum absolute atomic E-state index is 13.7. The molecule has 7 heteroatoms. The van der Waals surface area contributed by atoms with Crippen LogP contribution in [0.15, 0.2) is 104 Å². The number of nitrogens with one attached hydrogen (secondary N) is 1. The minimum atomic E-state index is -4.07. The summed E-state index contributed by atoms with van der Waals surface area (Å²) in [7, 11) is -4.07. The fourth-order valence-electron chi connectivity index (χ4n) is 3.96. The molecule has 5 aromatic rings. The molecule has 5 rings (SSSR count). The van der Waals surface area contributed by atoms with Crippen molar-refractivity contribution in [2.24, 2.45) is 0 Å². The number of hydrogen-bond acceptors (Lipinski definition) is 5. The van der Waals surface area contributed by atoms with E-state index in [2.05, 4.69) is 4.72 Å². The molecule has 1 heterocycles. The molecule has 0 atom stereocenters. The zero-order valence-electron chi connectivity index (χ0n) is 18.5.